The minimum absolute atomic E-state index is 0.383. The van der Waals surface area contributed by atoms with Gasteiger partial charge in [0.25, 0.3) is 0 Å². The molecule has 1 aromatic carbocycles. The van der Waals surface area contributed by atoms with E-state index < -0.39 is 17.4 Å². The molecule has 0 aromatic heterocycles. The molecule has 1 fully saturated rings. The Balaban J connectivity index is 2.27. The number of nitrogens with one attached hydrogen (secondary N) is 1. The van der Waals surface area contributed by atoms with Gasteiger partial charge in [-0.2, -0.15) is 0 Å². The van der Waals surface area contributed by atoms with E-state index in [1.807, 2.05) is 0 Å². The first kappa shape index (κ1) is 15.4. The summed E-state index contributed by atoms with van der Waals surface area (Å²) in [6.07, 6.45) is 3.19. The molecule has 0 spiro atoms. The van der Waals surface area contributed by atoms with Crippen LogP contribution < -0.4 is 11.1 Å². The van der Waals surface area contributed by atoms with Crippen molar-refractivity contribution < 1.29 is 14.7 Å². The number of benzene rings is 1. The van der Waals surface area contributed by atoms with Gasteiger partial charge in [0.15, 0.2) is 0 Å². The van der Waals surface area contributed by atoms with Crippen molar-refractivity contribution in [1.82, 2.24) is 0 Å². The van der Waals surface area contributed by atoms with Crippen LogP contribution in [-0.4, -0.2) is 22.5 Å². The van der Waals surface area contributed by atoms with Gasteiger partial charge in [-0.3, -0.25) is 4.79 Å². The summed E-state index contributed by atoms with van der Waals surface area (Å²) in [6.45, 7) is 3.88. The smallest absolute Gasteiger partial charge is 0.329 e. The molecule has 0 bridgehead atoms. The largest absolute Gasteiger partial charge is 0.480 e. The van der Waals surface area contributed by atoms with Crippen LogP contribution in [0.15, 0.2) is 18.2 Å². The number of nitrogens with two attached hydrogens (primary N) is 1. The van der Waals surface area contributed by atoms with Crippen molar-refractivity contribution in [2.75, 3.05) is 5.32 Å². The summed E-state index contributed by atoms with van der Waals surface area (Å²) in [5, 5.41) is 12.8. The molecule has 5 nitrogen and oxygen atoms in total. The zero-order chi connectivity index (χ0) is 15.6. The van der Waals surface area contributed by atoms with Crippen molar-refractivity contribution in [3.8, 4) is 0 Å². The van der Waals surface area contributed by atoms with Crippen LogP contribution in [0.5, 0.6) is 0 Å². The number of anilines is 1. The summed E-state index contributed by atoms with van der Waals surface area (Å²) in [5.41, 5.74) is 6.29. The molecule has 0 heterocycles. The molecule has 1 saturated carbocycles. The lowest BCUT2D eigenvalue weighted by Crippen LogP contribution is -2.49. The zero-order valence-corrected chi connectivity index (χ0v) is 12.5. The van der Waals surface area contributed by atoms with E-state index in [1.54, 1.807) is 25.1 Å². The monoisotopic (exact) mass is 290 g/mol. The number of hydrogen-bond donors (Lipinski definition) is 3. The molecule has 1 aliphatic carbocycles. The molecule has 2 atom stereocenters. The van der Waals surface area contributed by atoms with E-state index in [1.165, 1.54) is 0 Å². The molecule has 21 heavy (non-hydrogen) atoms. The van der Waals surface area contributed by atoms with Gasteiger partial charge in [0, 0.05) is 11.3 Å². The zero-order valence-electron chi connectivity index (χ0n) is 12.5. The lowest BCUT2D eigenvalue weighted by atomic mass is 9.76. The lowest BCUT2D eigenvalue weighted by Gasteiger charge is -2.38. The minimum atomic E-state index is -0.918. The quantitative estimate of drug-likeness (QED) is 0.794. The second-order valence-electron chi connectivity index (χ2n) is 6.11. The van der Waals surface area contributed by atoms with Crippen molar-refractivity contribution in [2.24, 2.45) is 11.7 Å². The van der Waals surface area contributed by atoms with Crippen molar-refractivity contribution in [3.05, 3.63) is 29.3 Å². The minimum Gasteiger partial charge on any atom is -0.480 e. The maximum atomic E-state index is 11.7. The molecule has 2 unspecified atom stereocenters. The fourth-order valence-corrected chi connectivity index (χ4v) is 3.21. The Morgan fingerprint density at radius 2 is 2.14 bits per heavy atom. The SMILES string of the molecule is Cc1cc(NC2(C(=O)O)CCCC(C)C2)ccc1C(N)=O. The van der Waals surface area contributed by atoms with E-state index in [2.05, 4.69) is 12.2 Å². The van der Waals surface area contributed by atoms with Crippen LogP contribution in [0.25, 0.3) is 0 Å². The van der Waals surface area contributed by atoms with E-state index in [0.29, 0.717) is 30.0 Å². The summed E-state index contributed by atoms with van der Waals surface area (Å²) in [7, 11) is 0. The summed E-state index contributed by atoms with van der Waals surface area (Å²) in [6, 6.07) is 5.14. The first-order valence-corrected chi connectivity index (χ1v) is 7.26. The Bertz CT molecular complexity index is 571. The van der Waals surface area contributed by atoms with Gasteiger partial charge in [-0.1, -0.05) is 19.8 Å². The van der Waals surface area contributed by atoms with Crippen molar-refractivity contribution in [1.29, 1.82) is 0 Å². The van der Waals surface area contributed by atoms with Crippen LogP contribution >= 0.6 is 0 Å². The van der Waals surface area contributed by atoms with Gasteiger partial charge < -0.3 is 16.2 Å². The third-order valence-corrected chi connectivity index (χ3v) is 4.28. The molecule has 2 rings (SSSR count). The average molecular weight is 290 g/mol. The molecule has 4 N–H and O–H groups in total. The maximum Gasteiger partial charge on any atom is 0.329 e. The third kappa shape index (κ3) is 3.17. The van der Waals surface area contributed by atoms with Gasteiger partial charge in [-0.15, -0.1) is 0 Å². The van der Waals surface area contributed by atoms with Gasteiger partial charge in [0.1, 0.15) is 5.54 Å². The number of primary amides is 1. The predicted molar refractivity (Wildman–Crippen MR) is 81.3 cm³/mol. The molecule has 5 heteroatoms. The number of hydrogen-bond acceptors (Lipinski definition) is 3. The number of carboxylic acids is 1. The fraction of sp³-hybridized carbons (Fsp3) is 0.500. The maximum absolute atomic E-state index is 11.7. The number of carbonyl (C=O) groups is 2. The topological polar surface area (TPSA) is 92.4 Å². The number of carbonyl (C=O) groups excluding carboxylic acids is 1. The van der Waals surface area contributed by atoms with E-state index in [4.69, 9.17) is 5.73 Å². The molecule has 0 aliphatic heterocycles. The lowest BCUT2D eigenvalue weighted by molar-refractivity contribution is -0.144. The first-order valence-electron chi connectivity index (χ1n) is 7.26. The van der Waals surface area contributed by atoms with Crippen LogP contribution in [0.1, 0.15) is 48.5 Å². The summed E-state index contributed by atoms with van der Waals surface area (Å²) >= 11 is 0. The normalized spacial score (nSPS) is 25.3. The van der Waals surface area contributed by atoms with Gasteiger partial charge in [-0.25, -0.2) is 4.79 Å². The highest BCUT2D eigenvalue weighted by Crippen LogP contribution is 2.35. The van der Waals surface area contributed by atoms with Gasteiger partial charge in [0.05, 0.1) is 0 Å². The Hall–Kier alpha value is -2.04. The van der Waals surface area contributed by atoms with E-state index in [0.717, 1.165) is 18.4 Å². The fourth-order valence-electron chi connectivity index (χ4n) is 3.21. The van der Waals surface area contributed by atoms with Crippen LogP contribution in [-0.2, 0) is 4.79 Å². The highest BCUT2D eigenvalue weighted by molar-refractivity contribution is 5.94. The summed E-state index contributed by atoms with van der Waals surface area (Å²) < 4.78 is 0. The molecule has 1 amide bonds. The molecule has 0 radical (unpaired) electrons. The Labute approximate surface area is 124 Å². The molecule has 114 valence electrons. The van der Waals surface area contributed by atoms with Crippen molar-refractivity contribution in [3.63, 3.8) is 0 Å². The van der Waals surface area contributed by atoms with Crippen molar-refractivity contribution in [2.45, 2.75) is 45.1 Å². The Morgan fingerprint density at radius 1 is 1.43 bits per heavy atom. The summed E-state index contributed by atoms with van der Waals surface area (Å²) in [5.74, 6) is -0.905. The van der Waals surface area contributed by atoms with Gasteiger partial charge >= 0.3 is 5.97 Å². The highest BCUT2D eigenvalue weighted by Gasteiger charge is 2.41. The van der Waals surface area contributed by atoms with Crippen LogP contribution in [0.4, 0.5) is 5.69 Å². The van der Waals surface area contributed by atoms with Crippen LogP contribution in [0, 0.1) is 12.8 Å². The molecular weight excluding hydrogens is 268 g/mol. The highest BCUT2D eigenvalue weighted by atomic mass is 16.4. The number of carboxylic acid groups (broad SMARTS) is 1. The molecule has 1 aromatic rings. The Kier molecular flexibility index (Phi) is 4.21. The van der Waals surface area contributed by atoms with E-state index >= 15 is 0 Å². The van der Waals surface area contributed by atoms with E-state index in [9.17, 15) is 14.7 Å². The predicted octanol–water partition coefficient (Wildman–Crippen LogP) is 2.54. The third-order valence-electron chi connectivity index (χ3n) is 4.28. The first-order chi connectivity index (χ1) is 9.84. The molecular formula is C16H22N2O3. The summed E-state index contributed by atoms with van der Waals surface area (Å²) in [4.78, 5) is 23.0. The van der Waals surface area contributed by atoms with Crippen LogP contribution in [0.2, 0.25) is 0 Å². The van der Waals surface area contributed by atoms with Gasteiger partial charge in [0.2, 0.25) is 5.91 Å². The van der Waals surface area contributed by atoms with Gasteiger partial charge in [-0.05, 0) is 49.4 Å². The average Bonchev–Trinajstić information content (AvgIpc) is 2.38. The number of aryl methyl sites for hydroxylation is 1. The van der Waals surface area contributed by atoms with E-state index in [-0.39, 0.29) is 0 Å². The Morgan fingerprint density at radius 3 is 2.67 bits per heavy atom. The van der Waals surface area contributed by atoms with Crippen LogP contribution in [0.3, 0.4) is 0 Å². The molecule has 0 saturated heterocycles. The number of amides is 1. The number of rotatable bonds is 4. The molecule has 1 aliphatic rings. The standard InChI is InChI=1S/C16H22N2O3/c1-10-4-3-7-16(9-10,15(20)21)18-12-5-6-13(14(17)19)11(2)8-12/h5-6,8,10,18H,3-4,7,9H2,1-2H3,(H2,17,19)(H,20,21). The second kappa shape index (κ2) is 5.76. The van der Waals surface area contributed by atoms with Crippen molar-refractivity contribution >= 4 is 17.6 Å². The number of aliphatic carboxylic acids is 1. The second-order valence-corrected chi connectivity index (χ2v) is 6.11.